The second-order valence-corrected chi connectivity index (χ2v) is 14.7. The Balaban J connectivity index is 1.20. The molecule has 2 saturated heterocycles. The van der Waals surface area contributed by atoms with Gasteiger partial charge in [0.2, 0.25) is 16.0 Å². The molecule has 1 aliphatic carbocycles. The number of fused-ring (bicyclic) bond motifs is 1. The molecule has 3 aliphatic rings. The molecule has 0 saturated carbocycles. The minimum absolute atomic E-state index is 0.0855. The lowest BCUT2D eigenvalue weighted by atomic mass is 9.99. The molecule has 254 valence electrons. The molecular formula is C33H44ClN7O5S. The number of methoxy groups -OCH3 is 1. The SMILES string of the molecule is COc1cc2c(cc1Nc1ncc(Cl)c(Nc3ccccc3S(=O)(=O)N3CCCC3CO)n1)CCCC(N1CCN(CCO)CC1)C2. The van der Waals surface area contributed by atoms with Crippen LogP contribution in [-0.4, -0.2) is 114 Å². The van der Waals surface area contributed by atoms with E-state index in [1.54, 1.807) is 31.4 Å². The van der Waals surface area contributed by atoms with Gasteiger partial charge < -0.3 is 25.6 Å². The highest BCUT2D eigenvalue weighted by molar-refractivity contribution is 7.89. The van der Waals surface area contributed by atoms with Crippen molar-refractivity contribution in [2.75, 3.05) is 70.2 Å². The average Bonchev–Trinajstić information content (AvgIpc) is 3.48. The van der Waals surface area contributed by atoms with Crippen molar-refractivity contribution in [1.82, 2.24) is 24.1 Å². The summed E-state index contributed by atoms with van der Waals surface area (Å²) in [6, 6.07) is 10.9. The van der Waals surface area contributed by atoms with Crippen LogP contribution >= 0.6 is 11.6 Å². The smallest absolute Gasteiger partial charge is 0.245 e. The summed E-state index contributed by atoms with van der Waals surface area (Å²) in [6.07, 6.45) is 6.92. The van der Waals surface area contributed by atoms with E-state index in [9.17, 15) is 18.6 Å². The number of aliphatic hydroxyl groups excluding tert-OH is 2. The molecule has 4 N–H and O–H groups in total. The lowest BCUT2D eigenvalue weighted by molar-refractivity contribution is 0.0805. The molecule has 0 bridgehead atoms. The number of halogens is 1. The van der Waals surface area contributed by atoms with E-state index >= 15 is 0 Å². The lowest BCUT2D eigenvalue weighted by Gasteiger charge is -2.39. The highest BCUT2D eigenvalue weighted by Crippen LogP contribution is 2.36. The first kappa shape index (κ1) is 33.8. The first-order valence-corrected chi connectivity index (χ1v) is 18.2. The average molecular weight is 686 g/mol. The van der Waals surface area contributed by atoms with Gasteiger partial charge in [0, 0.05) is 51.4 Å². The number of anilines is 4. The number of para-hydroxylation sites is 1. The van der Waals surface area contributed by atoms with E-state index in [1.807, 2.05) is 0 Å². The van der Waals surface area contributed by atoms with Gasteiger partial charge in [-0.25, -0.2) is 13.4 Å². The normalized spacial score (nSPS) is 21.3. The van der Waals surface area contributed by atoms with Crippen LogP contribution in [0.3, 0.4) is 0 Å². The Kier molecular flexibility index (Phi) is 10.8. The van der Waals surface area contributed by atoms with Crippen molar-refractivity contribution in [3.05, 3.63) is 58.7 Å². The predicted molar refractivity (Wildman–Crippen MR) is 183 cm³/mol. The third-order valence-corrected chi connectivity index (χ3v) is 11.8. The highest BCUT2D eigenvalue weighted by atomic mass is 35.5. The van der Waals surface area contributed by atoms with Crippen LogP contribution in [0, 0.1) is 0 Å². The summed E-state index contributed by atoms with van der Waals surface area (Å²) in [5, 5.41) is 25.7. The Morgan fingerprint density at radius 2 is 1.81 bits per heavy atom. The van der Waals surface area contributed by atoms with Crippen LogP contribution in [0.25, 0.3) is 0 Å². The number of nitrogens with one attached hydrogen (secondary N) is 2. The highest BCUT2D eigenvalue weighted by Gasteiger charge is 2.36. The Morgan fingerprint density at radius 1 is 1.00 bits per heavy atom. The van der Waals surface area contributed by atoms with Gasteiger partial charge >= 0.3 is 0 Å². The largest absolute Gasteiger partial charge is 0.495 e. The Morgan fingerprint density at radius 3 is 2.57 bits per heavy atom. The molecule has 2 fully saturated rings. The van der Waals surface area contributed by atoms with Gasteiger partial charge in [-0.1, -0.05) is 23.7 Å². The zero-order chi connectivity index (χ0) is 33.0. The van der Waals surface area contributed by atoms with E-state index in [2.05, 4.69) is 42.5 Å². The fourth-order valence-electron chi connectivity index (χ4n) is 7.04. The minimum Gasteiger partial charge on any atom is -0.495 e. The third kappa shape index (κ3) is 7.51. The summed E-state index contributed by atoms with van der Waals surface area (Å²) in [5.41, 5.74) is 3.62. The molecule has 0 spiro atoms. The van der Waals surface area contributed by atoms with E-state index in [1.165, 1.54) is 21.6 Å². The number of hydrogen-bond acceptors (Lipinski definition) is 11. The van der Waals surface area contributed by atoms with Crippen molar-refractivity contribution >= 4 is 44.8 Å². The summed E-state index contributed by atoms with van der Waals surface area (Å²) in [7, 11) is -2.23. The molecule has 1 aromatic heterocycles. The number of nitrogens with zero attached hydrogens (tertiary/aromatic N) is 5. The van der Waals surface area contributed by atoms with Crippen molar-refractivity contribution in [3.8, 4) is 5.75 Å². The van der Waals surface area contributed by atoms with Crippen molar-refractivity contribution in [2.45, 2.75) is 55.5 Å². The molecule has 12 nitrogen and oxygen atoms in total. The molecule has 2 aromatic carbocycles. The monoisotopic (exact) mass is 685 g/mol. The van der Waals surface area contributed by atoms with Crippen molar-refractivity contribution in [2.24, 2.45) is 0 Å². The maximum absolute atomic E-state index is 13.6. The number of rotatable bonds is 11. The van der Waals surface area contributed by atoms with Gasteiger partial charge in [0.25, 0.3) is 0 Å². The number of aliphatic hydroxyl groups is 2. The third-order valence-electron chi connectivity index (χ3n) is 9.55. The van der Waals surface area contributed by atoms with Crippen LogP contribution in [0.15, 0.2) is 47.5 Å². The Labute approximate surface area is 281 Å². The molecule has 3 aromatic rings. The lowest BCUT2D eigenvalue weighted by Crippen LogP contribution is -2.51. The standard InChI is InChI=1S/C33H44ClN7O5S/c1-46-30-20-24-18-25(40-14-12-39(13-15-40)16-17-42)7-4-6-23(24)19-29(30)37-33-35-21-27(34)32(38-33)36-28-9-2-3-10-31(28)47(44,45)41-11-5-8-26(41)22-43/h2-3,9-10,19-21,25-26,42-43H,4-8,11-18,22H2,1H3,(H2,35,36,37,38). The fourth-order valence-corrected chi connectivity index (χ4v) is 9.01. The summed E-state index contributed by atoms with van der Waals surface area (Å²) >= 11 is 6.51. The number of hydrogen-bond donors (Lipinski definition) is 4. The van der Waals surface area contributed by atoms with E-state index in [4.69, 9.17) is 16.3 Å². The summed E-state index contributed by atoms with van der Waals surface area (Å²) in [6.45, 7) is 5.07. The second-order valence-electron chi connectivity index (χ2n) is 12.4. The molecule has 2 atom stereocenters. The second kappa shape index (κ2) is 15.0. The number of sulfonamides is 1. The van der Waals surface area contributed by atoms with Crippen LogP contribution < -0.4 is 15.4 Å². The fraction of sp³-hybridized carbons (Fsp3) is 0.515. The summed E-state index contributed by atoms with van der Waals surface area (Å²) in [4.78, 5) is 14.0. The molecule has 0 radical (unpaired) electrons. The molecule has 2 unspecified atom stereocenters. The van der Waals surface area contributed by atoms with Gasteiger partial charge in [-0.05, 0) is 73.9 Å². The van der Waals surface area contributed by atoms with Crippen LogP contribution in [-0.2, 0) is 22.9 Å². The van der Waals surface area contributed by atoms with Crippen molar-refractivity contribution in [3.63, 3.8) is 0 Å². The van der Waals surface area contributed by atoms with Gasteiger partial charge in [-0.2, -0.15) is 9.29 Å². The van der Waals surface area contributed by atoms with Crippen molar-refractivity contribution in [1.29, 1.82) is 0 Å². The van der Waals surface area contributed by atoms with Gasteiger partial charge in [-0.15, -0.1) is 0 Å². The zero-order valence-corrected chi connectivity index (χ0v) is 28.3. The van der Waals surface area contributed by atoms with Crippen LogP contribution in [0.5, 0.6) is 5.75 Å². The van der Waals surface area contributed by atoms with Gasteiger partial charge in [0.1, 0.15) is 15.7 Å². The number of piperazine rings is 1. The maximum Gasteiger partial charge on any atom is 0.245 e. The Hall–Kier alpha value is -3.04. The number of β-amino-alcohol motifs (C(OH)–C–C–N with tert-alkyl or cyclic N) is 1. The first-order valence-electron chi connectivity index (χ1n) is 16.4. The molecular weight excluding hydrogens is 642 g/mol. The number of aromatic nitrogens is 2. The number of aryl methyl sites for hydroxylation is 1. The van der Waals surface area contributed by atoms with Gasteiger partial charge in [-0.3, -0.25) is 9.80 Å². The summed E-state index contributed by atoms with van der Waals surface area (Å²) < 4.78 is 34.5. The minimum atomic E-state index is -3.88. The van der Waals surface area contributed by atoms with E-state index in [0.29, 0.717) is 36.9 Å². The van der Waals surface area contributed by atoms with E-state index < -0.39 is 16.1 Å². The van der Waals surface area contributed by atoms with Crippen LogP contribution in [0.1, 0.15) is 36.8 Å². The van der Waals surface area contributed by atoms with E-state index in [0.717, 1.165) is 64.1 Å². The predicted octanol–water partition coefficient (Wildman–Crippen LogP) is 3.63. The molecule has 14 heteroatoms. The molecule has 0 amide bonds. The van der Waals surface area contributed by atoms with E-state index in [-0.39, 0.29) is 34.9 Å². The van der Waals surface area contributed by atoms with Crippen LogP contribution in [0.4, 0.5) is 23.1 Å². The molecule has 6 rings (SSSR count). The Bertz CT molecular complexity index is 1650. The number of ether oxygens (including phenoxy) is 1. The quantitative estimate of drug-likeness (QED) is 0.220. The molecule has 3 heterocycles. The summed E-state index contributed by atoms with van der Waals surface area (Å²) in [5.74, 6) is 1.22. The first-order chi connectivity index (χ1) is 22.8. The zero-order valence-electron chi connectivity index (χ0n) is 26.7. The van der Waals surface area contributed by atoms with Gasteiger partial charge in [0.05, 0.1) is 37.9 Å². The maximum atomic E-state index is 13.6. The number of benzene rings is 2. The van der Waals surface area contributed by atoms with Gasteiger partial charge in [0.15, 0.2) is 5.82 Å². The molecule has 2 aliphatic heterocycles. The van der Waals surface area contributed by atoms with Crippen molar-refractivity contribution < 1.29 is 23.4 Å². The molecule has 47 heavy (non-hydrogen) atoms. The topological polar surface area (TPSA) is 143 Å². The van der Waals surface area contributed by atoms with Crippen LogP contribution in [0.2, 0.25) is 5.02 Å².